The molecule has 0 fully saturated rings. The average molecular weight is 194 g/mol. The summed E-state index contributed by atoms with van der Waals surface area (Å²) in [7, 11) is 4.08. The molecule has 0 saturated carbocycles. The smallest absolute Gasteiger partial charge is 0.0536 e. The highest BCUT2D eigenvalue weighted by Crippen LogP contribution is 2.10. The molecular formula is C10H18N4. The van der Waals surface area contributed by atoms with E-state index in [1.807, 2.05) is 32.3 Å². The summed E-state index contributed by atoms with van der Waals surface area (Å²) < 4.78 is 0. The van der Waals surface area contributed by atoms with Crippen LogP contribution in [0.25, 0.3) is 0 Å². The van der Waals surface area contributed by atoms with Gasteiger partial charge in [-0.1, -0.05) is 24.3 Å². The second-order valence-corrected chi connectivity index (χ2v) is 3.68. The quantitative estimate of drug-likeness (QED) is 0.534. The maximum absolute atomic E-state index is 5.42. The topological polar surface area (TPSA) is 58.5 Å². The van der Waals surface area contributed by atoms with Gasteiger partial charge in [0.05, 0.1) is 6.54 Å². The molecule has 0 atom stereocenters. The van der Waals surface area contributed by atoms with Gasteiger partial charge in [-0.3, -0.25) is 11.7 Å². The molecule has 4 heteroatoms. The fourth-order valence-corrected chi connectivity index (χ4v) is 1.40. The van der Waals surface area contributed by atoms with Gasteiger partial charge in [0.25, 0.3) is 0 Å². The van der Waals surface area contributed by atoms with E-state index in [9.17, 15) is 0 Å². The van der Waals surface area contributed by atoms with E-state index in [0.717, 1.165) is 6.54 Å². The second-order valence-electron chi connectivity index (χ2n) is 3.68. The highest BCUT2D eigenvalue weighted by molar-refractivity contribution is 5.26. The Morgan fingerprint density at radius 3 is 1.93 bits per heavy atom. The normalized spacial score (nSPS) is 11.3. The summed E-state index contributed by atoms with van der Waals surface area (Å²) >= 11 is 0. The molecular weight excluding hydrogens is 176 g/mol. The minimum atomic E-state index is 0.573. The number of benzene rings is 1. The van der Waals surface area contributed by atoms with E-state index in [1.54, 1.807) is 0 Å². The third kappa shape index (κ3) is 3.43. The maximum atomic E-state index is 5.42. The van der Waals surface area contributed by atoms with Crippen LogP contribution in [0.2, 0.25) is 0 Å². The van der Waals surface area contributed by atoms with Crippen molar-refractivity contribution in [1.29, 1.82) is 0 Å². The predicted octanol–water partition coefficient (Wildman–Crippen LogP) is 0.298. The van der Waals surface area contributed by atoms with Crippen molar-refractivity contribution < 1.29 is 0 Å². The van der Waals surface area contributed by atoms with Gasteiger partial charge < -0.3 is 4.90 Å². The molecule has 0 radical (unpaired) electrons. The fourth-order valence-electron chi connectivity index (χ4n) is 1.40. The maximum Gasteiger partial charge on any atom is 0.0536 e. The number of hydrazine groups is 2. The minimum absolute atomic E-state index is 0.573. The van der Waals surface area contributed by atoms with Crippen molar-refractivity contribution in [3.05, 3.63) is 35.4 Å². The Balaban J connectivity index is 2.80. The first-order valence-electron chi connectivity index (χ1n) is 4.58. The zero-order chi connectivity index (χ0) is 10.6. The Bertz CT molecular complexity index is 254. The molecule has 0 saturated heterocycles. The zero-order valence-corrected chi connectivity index (χ0v) is 8.77. The molecule has 0 aliphatic rings. The van der Waals surface area contributed by atoms with E-state index in [0.29, 0.717) is 6.54 Å². The van der Waals surface area contributed by atoms with Crippen molar-refractivity contribution in [2.45, 2.75) is 13.1 Å². The van der Waals surface area contributed by atoms with Gasteiger partial charge in [-0.05, 0) is 25.2 Å². The Kier molecular flexibility index (Phi) is 4.03. The summed E-state index contributed by atoms with van der Waals surface area (Å²) in [5, 5.41) is 1.20. The lowest BCUT2D eigenvalue weighted by Crippen LogP contribution is -2.37. The van der Waals surface area contributed by atoms with E-state index in [2.05, 4.69) is 11.0 Å². The van der Waals surface area contributed by atoms with Gasteiger partial charge in [0.1, 0.15) is 0 Å². The molecule has 0 bridgehead atoms. The molecule has 0 unspecified atom stereocenters. The number of hydrogen-bond acceptors (Lipinski definition) is 4. The van der Waals surface area contributed by atoms with Crippen molar-refractivity contribution in [1.82, 2.24) is 10.0 Å². The third-order valence-corrected chi connectivity index (χ3v) is 1.96. The van der Waals surface area contributed by atoms with E-state index in [4.69, 9.17) is 11.7 Å². The molecule has 0 heterocycles. The van der Waals surface area contributed by atoms with Gasteiger partial charge in [-0.2, -0.15) is 5.12 Å². The SMILES string of the molecule is CN(C)Cc1ccccc1CN(N)N. The van der Waals surface area contributed by atoms with Crippen LogP contribution in [-0.4, -0.2) is 24.1 Å². The summed E-state index contributed by atoms with van der Waals surface area (Å²) in [5.41, 5.74) is 2.43. The van der Waals surface area contributed by atoms with Gasteiger partial charge in [0, 0.05) is 6.54 Å². The molecule has 14 heavy (non-hydrogen) atoms. The summed E-state index contributed by atoms with van der Waals surface area (Å²) in [4.78, 5) is 2.12. The van der Waals surface area contributed by atoms with Crippen molar-refractivity contribution in [2.75, 3.05) is 14.1 Å². The highest BCUT2D eigenvalue weighted by atomic mass is 15.6. The van der Waals surface area contributed by atoms with Crippen molar-refractivity contribution >= 4 is 0 Å². The molecule has 0 aliphatic carbocycles. The van der Waals surface area contributed by atoms with Crippen molar-refractivity contribution in [2.24, 2.45) is 11.7 Å². The van der Waals surface area contributed by atoms with E-state index < -0.39 is 0 Å². The molecule has 1 aromatic carbocycles. The Morgan fingerprint density at radius 2 is 1.50 bits per heavy atom. The largest absolute Gasteiger partial charge is 0.305 e. The lowest BCUT2D eigenvalue weighted by molar-refractivity contribution is 0.282. The van der Waals surface area contributed by atoms with Gasteiger partial charge in [0.2, 0.25) is 0 Å². The molecule has 78 valence electrons. The predicted molar refractivity (Wildman–Crippen MR) is 57.8 cm³/mol. The first kappa shape index (κ1) is 11.1. The van der Waals surface area contributed by atoms with Crippen LogP contribution in [0.15, 0.2) is 24.3 Å². The molecule has 1 aromatic rings. The number of rotatable bonds is 4. The lowest BCUT2D eigenvalue weighted by Gasteiger charge is -2.16. The van der Waals surface area contributed by atoms with E-state index in [-0.39, 0.29) is 0 Å². The monoisotopic (exact) mass is 194 g/mol. The van der Waals surface area contributed by atoms with Crippen LogP contribution in [0.4, 0.5) is 0 Å². The molecule has 4 N–H and O–H groups in total. The Labute approximate surface area is 85.0 Å². The molecule has 0 spiro atoms. The fraction of sp³-hybridized carbons (Fsp3) is 0.400. The van der Waals surface area contributed by atoms with Crippen LogP contribution in [0, 0.1) is 0 Å². The van der Waals surface area contributed by atoms with E-state index in [1.165, 1.54) is 16.2 Å². The standard InChI is InChI=1S/C10H18N4/c1-13(2)7-9-5-3-4-6-10(9)8-14(11)12/h3-6H,7-8,11-12H2,1-2H3. The summed E-state index contributed by atoms with van der Waals surface area (Å²) in [6, 6.07) is 8.17. The Hall–Kier alpha value is -0.940. The van der Waals surface area contributed by atoms with Crippen LogP contribution in [0.5, 0.6) is 0 Å². The first-order chi connectivity index (χ1) is 6.59. The van der Waals surface area contributed by atoms with Crippen LogP contribution in [-0.2, 0) is 13.1 Å². The van der Waals surface area contributed by atoms with Gasteiger partial charge >= 0.3 is 0 Å². The first-order valence-corrected chi connectivity index (χ1v) is 4.58. The summed E-state index contributed by atoms with van der Waals surface area (Å²) in [6.07, 6.45) is 0. The van der Waals surface area contributed by atoms with Gasteiger partial charge in [0.15, 0.2) is 0 Å². The molecule has 0 aromatic heterocycles. The zero-order valence-electron chi connectivity index (χ0n) is 8.77. The van der Waals surface area contributed by atoms with E-state index >= 15 is 0 Å². The molecule has 1 rings (SSSR count). The van der Waals surface area contributed by atoms with Crippen LogP contribution < -0.4 is 11.7 Å². The van der Waals surface area contributed by atoms with Gasteiger partial charge in [-0.15, -0.1) is 0 Å². The number of nitrogens with two attached hydrogens (primary N) is 2. The van der Waals surface area contributed by atoms with Crippen LogP contribution >= 0.6 is 0 Å². The third-order valence-electron chi connectivity index (χ3n) is 1.96. The number of hydrogen-bond donors (Lipinski definition) is 2. The van der Waals surface area contributed by atoms with Crippen LogP contribution in [0.1, 0.15) is 11.1 Å². The average Bonchev–Trinajstić information content (AvgIpc) is 2.06. The second kappa shape index (κ2) is 5.07. The Morgan fingerprint density at radius 1 is 1.00 bits per heavy atom. The molecule has 0 aliphatic heterocycles. The van der Waals surface area contributed by atoms with Gasteiger partial charge in [-0.25, -0.2) is 0 Å². The molecule has 0 amide bonds. The molecule has 4 nitrogen and oxygen atoms in total. The van der Waals surface area contributed by atoms with Crippen molar-refractivity contribution in [3.8, 4) is 0 Å². The minimum Gasteiger partial charge on any atom is -0.305 e. The lowest BCUT2D eigenvalue weighted by atomic mass is 10.1. The summed E-state index contributed by atoms with van der Waals surface area (Å²) in [6.45, 7) is 1.48. The summed E-state index contributed by atoms with van der Waals surface area (Å²) in [5.74, 6) is 10.8. The van der Waals surface area contributed by atoms with Crippen LogP contribution in [0.3, 0.4) is 0 Å². The number of nitrogens with zero attached hydrogens (tertiary/aromatic N) is 2. The highest BCUT2D eigenvalue weighted by Gasteiger charge is 2.03. The van der Waals surface area contributed by atoms with Crippen molar-refractivity contribution in [3.63, 3.8) is 0 Å².